The maximum absolute atomic E-state index is 14.1. The second kappa shape index (κ2) is 15.1. The fourth-order valence-electron chi connectivity index (χ4n) is 7.74. The van der Waals surface area contributed by atoms with E-state index in [1.54, 1.807) is 63.6 Å². The average molecular weight is 901 g/mol. The first kappa shape index (κ1) is 38.4. The summed E-state index contributed by atoms with van der Waals surface area (Å²) >= 11 is 5.13. The van der Waals surface area contributed by atoms with Gasteiger partial charge in [0.05, 0.1) is 49.6 Å². The van der Waals surface area contributed by atoms with E-state index >= 15 is 0 Å². The van der Waals surface area contributed by atoms with Gasteiger partial charge in [-0.1, -0.05) is 78.9 Å². The average Bonchev–Trinajstić information content (AvgIpc) is 4.15. The van der Waals surface area contributed by atoms with Crippen LogP contribution in [-0.2, 0) is 32.3 Å². The molecule has 0 saturated heterocycles. The lowest BCUT2D eigenvalue weighted by atomic mass is 9.98. The van der Waals surface area contributed by atoms with Gasteiger partial charge in [-0.15, -0.1) is 22.7 Å². The van der Waals surface area contributed by atoms with Gasteiger partial charge >= 0.3 is 12.2 Å². The molecule has 5 aromatic heterocycles. The van der Waals surface area contributed by atoms with Gasteiger partial charge in [0.25, 0.3) is 11.8 Å². The monoisotopic (exact) mass is 900 g/mol. The van der Waals surface area contributed by atoms with Crippen molar-refractivity contribution >= 4 is 145 Å². The number of thiophene rings is 2. The Labute approximate surface area is 370 Å². The number of hydrogen-bond acceptors (Lipinski definition) is 16. The number of nitrogens with zero attached hydrogens (tertiary/aromatic N) is 8. The van der Waals surface area contributed by atoms with Gasteiger partial charge < -0.3 is 9.47 Å². The number of rotatable bonds is 6. The fraction of sp³-hybridized carbons (Fsp3) is 0.0667. The molecule has 10 aromatic rings. The summed E-state index contributed by atoms with van der Waals surface area (Å²) in [7, 11) is 0. The van der Waals surface area contributed by atoms with Gasteiger partial charge in [-0.05, 0) is 42.3 Å². The number of aromatic nitrogens is 5. The summed E-state index contributed by atoms with van der Waals surface area (Å²) in [5, 5.41) is 12.3. The van der Waals surface area contributed by atoms with E-state index in [-0.39, 0.29) is 30.2 Å². The maximum Gasteiger partial charge on any atom is 0.424 e. The summed E-state index contributed by atoms with van der Waals surface area (Å²) in [5.74, 6) is -2.15. The molecule has 0 radical (unpaired) electrons. The van der Waals surface area contributed by atoms with E-state index in [9.17, 15) is 24.4 Å². The second-order valence-electron chi connectivity index (χ2n) is 14.4. The van der Waals surface area contributed by atoms with Crippen molar-refractivity contribution in [1.82, 2.24) is 27.0 Å². The van der Waals surface area contributed by atoms with Crippen molar-refractivity contribution in [3.8, 4) is 16.5 Å². The van der Waals surface area contributed by atoms with Gasteiger partial charge in [0, 0.05) is 36.9 Å². The highest BCUT2D eigenvalue weighted by molar-refractivity contribution is 7.32. The van der Waals surface area contributed by atoms with Crippen LogP contribution >= 0.6 is 46.1 Å². The first-order chi connectivity index (χ1) is 30.8. The van der Waals surface area contributed by atoms with E-state index in [0.717, 1.165) is 64.5 Å². The molecule has 0 fully saturated rings. The fourth-order valence-corrected chi connectivity index (χ4v) is 11.4. The molecule has 0 atom stereocenters. The Balaban J connectivity index is 1.03. The Bertz CT molecular complexity index is 3710. The van der Waals surface area contributed by atoms with Crippen molar-refractivity contribution in [1.29, 1.82) is 5.26 Å². The smallest absolute Gasteiger partial charge is 0.424 e. The molecule has 11 rings (SSSR count). The zero-order valence-corrected chi connectivity index (χ0v) is 35.7. The summed E-state index contributed by atoms with van der Waals surface area (Å²) in [6.07, 6.45) is -1.73. The van der Waals surface area contributed by atoms with Crippen molar-refractivity contribution in [2.75, 3.05) is 0 Å². The third kappa shape index (κ3) is 6.20. The number of fused-ring (bicyclic) bond motifs is 10. The van der Waals surface area contributed by atoms with Crippen LogP contribution < -0.4 is 0 Å². The molecule has 1 aliphatic heterocycles. The molecule has 0 N–H and O–H groups in total. The van der Waals surface area contributed by atoms with Crippen LogP contribution in [0.25, 0.3) is 73.8 Å². The maximum atomic E-state index is 14.1. The Morgan fingerprint density at radius 1 is 0.698 bits per heavy atom. The predicted octanol–water partition coefficient (Wildman–Crippen LogP) is 10.7. The molecule has 0 spiro atoms. The molecule has 304 valence electrons. The highest BCUT2D eigenvalue weighted by Gasteiger charge is 2.42. The van der Waals surface area contributed by atoms with Crippen molar-refractivity contribution in [3.05, 3.63) is 125 Å². The molecule has 18 heteroatoms. The molecule has 14 nitrogen and oxygen atoms in total. The lowest BCUT2D eigenvalue weighted by molar-refractivity contribution is -0.136. The molecular formula is C45H24N8O6S4. The number of aliphatic imine (C=N–C) groups is 1. The molecule has 0 bridgehead atoms. The van der Waals surface area contributed by atoms with E-state index in [4.69, 9.17) is 18.2 Å². The van der Waals surface area contributed by atoms with Gasteiger partial charge in [-0.2, -0.15) is 27.7 Å². The lowest BCUT2D eigenvalue weighted by Gasteiger charge is -2.24. The van der Waals surface area contributed by atoms with Crippen LogP contribution in [0.1, 0.15) is 18.1 Å². The summed E-state index contributed by atoms with van der Waals surface area (Å²) < 4.78 is 34.5. The molecule has 63 heavy (non-hydrogen) atoms. The summed E-state index contributed by atoms with van der Waals surface area (Å²) in [4.78, 5) is 60.5. The number of carbonyl (C=O) groups is 4. The third-order valence-corrected chi connectivity index (χ3v) is 14.3. The largest absolute Gasteiger partial charge is 0.444 e. The van der Waals surface area contributed by atoms with Crippen LogP contribution in [0.5, 0.6) is 0 Å². The first-order valence-electron chi connectivity index (χ1n) is 19.1. The summed E-state index contributed by atoms with van der Waals surface area (Å²) in [6, 6.07) is 33.8. The van der Waals surface area contributed by atoms with Crippen LogP contribution in [0.4, 0.5) is 15.3 Å². The zero-order chi connectivity index (χ0) is 42.9. The molecule has 5 aromatic carbocycles. The van der Waals surface area contributed by atoms with E-state index in [1.165, 1.54) is 6.92 Å². The van der Waals surface area contributed by atoms with Gasteiger partial charge in [0.15, 0.2) is 0 Å². The molecule has 1 aliphatic rings. The van der Waals surface area contributed by atoms with E-state index in [1.807, 2.05) is 72.8 Å². The van der Waals surface area contributed by atoms with Crippen molar-refractivity contribution in [2.45, 2.75) is 20.1 Å². The van der Waals surface area contributed by atoms with Crippen molar-refractivity contribution < 1.29 is 28.7 Å². The summed E-state index contributed by atoms with van der Waals surface area (Å²) in [5.41, 5.74) is 5.20. The number of benzene rings is 5. The topological polar surface area (TPSA) is 183 Å². The van der Waals surface area contributed by atoms with Crippen LogP contribution in [0, 0.1) is 11.3 Å². The number of hydrogen-bond donors (Lipinski definition) is 0. The molecule has 3 amide bonds. The first-order valence-corrected chi connectivity index (χ1v) is 22.2. The highest BCUT2D eigenvalue weighted by atomic mass is 32.1. The van der Waals surface area contributed by atoms with Gasteiger partial charge in [-0.25, -0.2) is 19.1 Å². The molecule has 0 aliphatic carbocycles. The number of imide groups is 3. The second-order valence-corrected chi connectivity index (χ2v) is 17.5. The normalized spacial score (nSPS) is 14.0. The number of ether oxygens (including phenoxy) is 2. The minimum atomic E-state index is -1.24. The summed E-state index contributed by atoms with van der Waals surface area (Å²) in [6.45, 7) is 1.33. The Morgan fingerprint density at radius 2 is 1.32 bits per heavy atom. The number of amides is 3. The van der Waals surface area contributed by atoms with Gasteiger partial charge in [-0.3, -0.25) is 9.59 Å². The van der Waals surface area contributed by atoms with Crippen molar-refractivity contribution in [3.63, 3.8) is 0 Å². The van der Waals surface area contributed by atoms with E-state index in [0.29, 0.717) is 48.8 Å². The molecular weight excluding hydrogens is 877 g/mol. The highest BCUT2D eigenvalue weighted by Crippen LogP contribution is 2.48. The standard InChI is InChI=1S/C45H24N8O6S4/c1-22-29(19-46)42(54)53(45(57)59-21-24-12-6-3-7-13-24)43(55)34(22)47-30-17-27-26(36-38(30)51-63-49-36)16-28(37-35(27)48-62-50-37)33-18-31-40(61-33)41-39(25-14-8-9-15-32(25)60-41)52(31)44(56)58-20-23-10-4-2-5-11-23/h2-18H,20-21H2,1H3. The minimum Gasteiger partial charge on any atom is -0.444 e. The van der Waals surface area contributed by atoms with Gasteiger partial charge in [0.2, 0.25) is 0 Å². The number of carbonyl (C=O) groups excluding carboxylic acids is 4. The quantitative estimate of drug-likeness (QED) is 0.145. The van der Waals surface area contributed by atoms with E-state index < -0.39 is 29.6 Å². The number of nitriles is 1. The lowest BCUT2D eigenvalue weighted by Crippen LogP contribution is -2.50. The zero-order valence-electron chi connectivity index (χ0n) is 32.4. The van der Waals surface area contributed by atoms with E-state index in [2.05, 4.69) is 13.7 Å². The SMILES string of the molecule is CC1=C(C#N)C(=O)N(C(=O)OCc2ccccc2)C(=O)C1=Nc1cc2c(cc(-c3cc4c(s3)c3sc5ccccc5c3n4C(=O)OCc3ccccc3)c3nsnc32)c2nsnc12. The Hall–Kier alpha value is -7.56. The third-order valence-electron chi connectivity index (χ3n) is 10.7. The Kier molecular flexibility index (Phi) is 9.20. The predicted molar refractivity (Wildman–Crippen MR) is 244 cm³/mol. The van der Waals surface area contributed by atoms with Crippen molar-refractivity contribution in [2.24, 2.45) is 4.99 Å². The molecule has 0 saturated carbocycles. The molecule has 6 heterocycles. The van der Waals surface area contributed by atoms with Crippen LogP contribution in [0.3, 0.4) is 0 Å². The van der Waals surface area contributed by atoms with Crippen LogP contribution in [0.2, 0.25) is 0 Å². The molecule has 0 unspecified atom stereocenters. The minimum absolute atomic E-state index is 0.00241. The van der Waals surface area contributed by atoms with Gasteiger partial charge in [0.1, 0.15) is 52.6 Å². The van der Waals surface area contributed by atoms with Crippen LogP contribution in [-0.4, -0.2) is 56.7 Å². The van der Waals surface area contributed by atoms with Crippen LogP contribution in [0.15, 0.2) is 119 Å². The Morgan fingerprint density at radius 3 is 2.03 bits per heavy atom.